The highest BCUT2D eigenvalue weighted by atomic mass is 19.1. The first-order chi connectivity index (χ1) is 16.5. The number of hydrogen-bond acceptors (Lipinski definition) is 4. The number of aromatic nitrogens is 1. The summed E-state index contributed by atoms with van der Waals surface area (Å²) in [6.07, 6.45) is 0.484. The van der Waals surface area contributed by atoms with E-state index in [1.807, 2.05) is 42.5 Å². The molecule has 0 bridgehead atoms. The molecule has 0 atom stereocenters. The summed E-state index contributed by atoms with van der Waals surface area (Å²) in [7, 11) is 1.55. The molecular weight excluding hydrogens is 435 g/mol. The van der Waals surface area contributed by atoms with Gasteiger partial charge in [0.1, 0.15) is 11.6 Å². The largest absolute Gasteiger partial charge is 0.495 e. The number of benzene rings is 3. The fourth-order valence-electron chi connectivity index (χ4n) is 3.78. The molecule has 0 fully saturated rings. The van der Waals surface area contributed by atoms with Crippen LogP contribution in [0.25, 0.3) is 22.2 Å². The lowest BCUT2D eigenvalue weighted by molar-refractivity contribution is -0.128. The summed E-state index contributed by atoms with van der Waals surface area (Å²) in [4.78, 5) is 27.9. The van der Waals surface area contributed by atoms with Gasteiger partial charge in [-0.05, 0) is 47.9 Å². The Kier molecular flexibility index (Phi) is 7.07. The third-order valence-electron chi connectivity index (χ3n) is 5.42. The number of para-hydroxylation sites is 2. The molecule has 0 radical (unpaired) electrons. The van der Waals surface area contributed by atoms with Crippen LogP contribution in [0.4, 0.5) is 10.1 Å². The Hall–Kier alpha value is -4.33. The number of rotatable bonds is 8. The lowest BCUT2D eigenvalue weighted by Gasteiger charge is -2.12. The molecule has 3 aromatic carbocycles. The molecule has 0 saturated heterocycles. The predicted octanol–water partition coefficient (Wildman–Crippen LogP) is 4.17. The number of methoxy groups -OCH3 is 1. The quantitative estimate of drug-likeness (QED) is 0.297. The minimum Gasteiger partial charge on any atom is -0.495 e. The number of halogens is 1. The van der Waals surface area contributed by atoms with Crippen molar-refractivity contribution < 1.29 is 18.7 Å². The minimum atomic E-state index is -0.404. The van der Waals surface area contributed by atoms with E-state index in [-0.39, 0.29) is 24.7 Å². The highest BCUT2D eigenvalue weighted by Gasteiger charge is 2.15. The lowest BCUT2D eigenvalue weighted by atomic mass is 10.0. The molecule has 1 heterocycles. The Bertz CT molecular complexity index is 1300. The molecule has 1 aromatic heterocycles. The van der Waals surface area contributed by atoms with Gasteiger partial charge >= 0.3 is 0 Å². The van der Waals surface area contributed by atoms with Crippen molar-refractivity contribution in [2.45, 2.75) is 12.8 Å². The number of carbonyl (C=O) groups excluding carboxylic acids is 2. The van der Waals surface area contributed by atoms with Crippen LogP contribution in [0.15, 0.2) is 72.8 Å². The smallest absolute Gasteiger partial charge is 0.257 e. The van der Waals surface area contributed by atoms with Gasteiger partial charge in [0, 0.05) is 23.0 Å². The molecule has 0 saturated carbocycles. The van der Waals surface area contributed by atoms with E-state index in [2.05, 4.69) is 21.2 Å². The standard InChI is InChI=1S/C26H25FN4O3/c1-34-23-10-6-5-9-22(23)28-16-25(33)31-30-24(32)14-12-19-20-15-18(27)11-13-21(20)29-26(19)17-7-3-2-4-8-17/h2-11,13,15,28-29H,12,14,16H2,1H3,(H,30,32)(H,31,33). The van der Waals surface area contributed by atoms with Gasteiger partial charge in [-0.15, -0.1) is 0 Å². The normalized spacial score (nSPS) is 10.6. The zero-order valence-electron chi connectivity index (χ0n) is 18.7. The second-order valence-corrected chi connectivity index (χ2v) is 7.68. The fraction of sp³-hybridized carbons (Fsp3) is 0.154. The number of fused-ring (bicyclic) bond motifs is 1. The van der Waals surface area contributed by atoms with Crippen LogP contribution in [0.3, 0.4) is 0 Å². The first-order valence-corrected chi connectivity index (χ1v) is 10.8. The predicted molar refractivity (Wildman–Crippen MR) is 130 cm³/mol. The van der Waals surface area contributed by atoms with E-state index in [1.54, 1.807) is 25.3 Å². The van der Waals surface area contributed by atoms with E-state index in [0.29, 0.717) is 17.9 Å². The molecular formula is C26H25FN4O3. The van der Waals surface area contributed by atoms with Crippen molar-refractivity contribution in [1.82, 2.24) is 15.8 Å². The third-order valence-corrected chi connectivity index (χ3v) is 5.42. The average molecular weight is 461 g/mol. The molecule has 7 nitrogen and oxygen atoms in total. The molecule has 0 aliphatic heterocycles. The molecule has 0 aliphatic rings. The van der Waals surface area contributed by atoms with Crippen LogP contribution in [0.2, 0.25) is 0 Å². The number of anilines is 1. The number of amides is 2. The summed E-state index contributed by atoms with van der Waals surface area (Å²) in [5.41, 5.74) is 8.95. The van der Waals surface area contributed by atoms with E-state index in [0.717, 1.165) is 27.7 Å². The van der Waals surface area contributed by atoms with Gasteiger partial charge in [0.15, 0.2) is 0 Å². The third kappa shape index (κ3) is 5.35. The highest BCUT2D eigenvalue weighted by molar-refractivity contribution is 5.92. The van der Waals surface area contributed by atoms with E-state index in [4.69, 9.17) is 4.74 Å². The van der Waals surface area contributed by atoms with Gasteiger partial charge in [-0.3, -0.25) is 20.4 Å². The summed E-state index contributed by atoms with van der Waals surface area (Å²) in [6.45, 7) is -0.0411. The SMILES string of the molecule is COc1ccccc1NCC(=O)NNC(=O)CCc1c(-c2ccccc2)[nH]c2ccc(F)cc12. The topological polar surface area (TPSA) is 95.2 Å². The zero-order valence-corrected chi connectivity index (χ0v) is 18.7. The van der Waals surface area contributed by atoms with Crippen LogP contribution in [-0.2, 0) is 16.0 Å². The Balaban J connectivity index is 1.37. The molecule has 174 valence electrons. The molecule has 8 heteroatoms. The Morgan fingerprint density at radius 1 is 0.941 bits per heavy atom. The van der Waals surface area contributed by atoms with Gasteiger partial charge in [-0.1, -0.05) is 42.5 Å². The van der Waals surface area contributed by atoms with Crippen LogP contribution in [0.5, 0.6) is 5.75 Å². The number of H-pyrrole nitrogens is 1. The maximum atomic E-state index is 13.9. The summed E-state index contributed by atoms with van der Waals surface area (Å²) >= 11 is 0. The van der Waals surface area contributed by atoms with Gasteiger partial charge in [0.05, 0.1) is 19.3 Å². The maximum Gasteiger partial charge on any atom is 0.257 e. The van der Waals surface area contributed by atoms with Crippen molar-refractivity contribution >= 4 is 28.4 Å². The molecule has 4 N–H and O–H groups in total. The molecule has 2 amide bonds. The van der Waals surface area contributed by atoms with E-state index < -0.39 is 5.91 Å². The Labute approximate surface area is 196 Å². The number of hydrogen-bond donors (Lipinski definition) is 4. The van der Waals surface area contributed by atoms with E-state index >= 15 is 0 Å². The number of carbonyl (C=O) groups is 2. The van der Waals surface area contributed by atoms with Gasteiger partial charge in [-0.25, -0.2) is 4.39 Å². The zero-order chi connectivity index (χ0) is 23.9. The summed E-state index contributed by atoms with van der Waals surface area (Å²) in [5, 5.41) is 3.70. The van der Waals surface area contributed by atoms with Crippen LogP contribution in [-0.4, -0.2) is 30.5 Å². The van der Waals surface area contributed by atoms with Crippen LogP contribution >= 0.6 is 0 Å². The first kappa shape index (κ1) is 22.8. The lowest BCUT2D eigenvalue weighted by Crippen LogP contribution is -2.44. The number of nitrogens with one attached hydrogen (secondary N) is 4. The summed E-state index contributed by atoms with van der Waals surface area (Å²) in [6, 6.07) is 21.5. The molecule has 0 unspecified atom stereocenters. The molecule has 34 heavy (non-hydrogen) atoms. The van der Waals surface area contributed by atoms with Crippen LogP contribution in [0, 0.1) is 5.82 Å². The van der Waals surface area contributed by atoms with E-state index in [9.17, 15) is 14.0 Å². The fourth-order valence-corrected chi connectivity index (χ4v) is 3.78. The highest BCUT2D eigenvalue weighted by Crippen LogP contribution is 2.31. The molecule has 4 aromatic rings. The molecule has 0 aliphatic carbocycles. The van der Waals surface area contributed by atoms with Gasteiger partial charge < -0.3 is 15.0 Å². The van der Waals surface area contributed by atoms with Crippen LogP contribution in [0.1, 0.15) is 12.0 Å². The summed E-state index contributed by atoms with van der Waals surface area (Å²) < 4.78 is 19.2. The van der Waals surface area contributed by atoms with Crippen molar-refractivity contribution in [1.29, 1.82) is 0 Å². The first-order valence-electron chi connectivity index (χ1n) is 10.8. The van der Waals surface area contributed by atoms with Crippen molar-refractivity contribution in [2.24, 2.45) is 0 Å². The number of hydrazine groups is 1. The average Bonchev–Trinajstić information content (AvgIpc) is 3.23. The van der Waals surface area contributed by atoms with Crippen molar-refractivity contribution in [3.05, 3.63) is 84.2 Å². The second-order valence-electron chi connectivity index (χ2n) is 7.68. The van der Waals surface area contributed by atoms with Crippen molar-refractivity contribution in [3.8, 4) is 17.0 Å². The molecule has 4 rings (SSSR count). The van der Waals surface area contributed by atoms with Crippen molar-refractivity contribution in [2.75, 3.05) is 19.0 Å². The molecule has 0 spiro atoms. The summed E-state index contributed by atoms with van der Waals surface area (Å²) in [5.74, 6) is -0.482. The van der Waals surface area contributed by atoms with Crippen LogP contribution < -0.4 is 20.9 Å². The Morgan fingerprint density at radius 3 is 2.47 bits per heavy atom. The maximum absolute atomic E-state index is 13.9. The van der Waals surface area contributed by atoms with Gasteiger partial charge in [0.25, 0.3) is 5.91 Å². The van der Waals surface area contributed by atoms with Gasteiger partial charge in [-0.2, -0.15) is 0 Å². The van der Waals surface area contributed by atoms with Crippen molar-refractivity contribution in [3.63, 3.8) is 0 Å². The number of aromatic amines is 1. The van der Waals surface area contributed by atoms with E-state index in [1.165, 1.54) is 12.1 Å². The monoisotopic (exact) mass is 460 g/mol. The number of ether oxygens (including phenoxy) is 1. The second kappa shape index (κ2) is 10.5. The van der Waals surface area contributed by atoms with Gasteiger partial charge in [0.2, 0.25) is 5.91 Å². The number of aryl methyl sites for hydroxylation is 1. The Morgan fingerprint density at radius 2 is 1.68 bits per heavy atom. The minimum absolute atomic E-state index is 0.0411.